The zero-order valence-electron chi connectivity index (χ0n) is 11.8. The van der Waals surface area contributed by atoms with Crippen LogP contribution in [0.25, 0.3) is 0 Å². The first-order chi connectivity index (χ1) is 10.8. The summed E-state index contributed by atoms with van der Waals surface area (Å²) in [7, 11) is -7.79. The monoisotopic (exact) mass is 368 g/mol. The van der Waals surface area contributed by atoms with Gasteiger partial charge in [0.25, 0.3) is 0 Å². The molecule has 0 spiro atoms. The van der Waals surface area contributed by atoms with Crippen molar-refractivity contribution >= 4 is 31.3 Å². The largest absolute Gasteiger partial charge is 0.223 e. The van der Waals surface area contributed by atoms with Crippen LogP contribution in [0.3, 0.4) is 0 Å². The molecule has 1 saturated carbocycles. The number of fused-ring (bicyclic) bond motifs is 1. The first-order valence-corrected chi connectivity index (χ1v) is 10.8. The van der Waals surface area contributed by atoms with Crippen LogP contribution in [0.15, 0.2) is 58.4 Å². The number of sulfone groups is 2. The van der Waals surface area contributed by atoms with Gasteiger partial charge in [-0.2, -0.15) is 0 Å². The highest BCUT2D eigenvalue weighted by molar-refractivity contribution is 8.00. The lowest BCUT2D eigenvalue weighted by Gasteiger charge is -2.59. The number of hydrogen-bond acceptors (Lipinski definition) is 4. The molecule has 1 aromatic rings. The molecule has 120 valence electrons. The maximum Gasteiger partial charge on any atom is 0.201 e. The number of benzene rings is 1. The molecule has 1 heterocycles. The zero-order chi connectivity index (χ0) is 16.2. The quantitative estimate of drug-likeness (QED) is 0.520. The molecule has 1 aromatic carbocycles. The van der Waals surface area contributed by atoms with Gasteiger partial charge < -0.3 is 0 Å². The van der Waals surface area contributed by atoms with Gasteiger partial charge in [-0.15, -0.1) is 0 Å². The number of hydrogen-bond donors (Lipinski definition) is 0. The molecule has 6 atom stereocenters. The molecule has 0 radical (unpaired) electrons. The summed E-state index contributed by atoms with van der Waals surface area (Å²) in [4.78, 5) is -0.269. The van der Waals surface area contributed by atoms with E-state index in [4.69, 9.17) is 11.6 Å². The van der Waals surface area contributed by atoms with Gasteiger partial charge in [0.05, 0.1) is 9.79 Å². The van der Waals surface area contributed by atoms with Crippen molar-refractivity contribution in [3.05, 3.63) is 48.6 Å². The Kier molecular flexibility index (Phi) is 2.43. The Morgan fingerprint density at radius 2 is 1.43 bits per heavy atom. The maximum absolute atomic E-state index is 13.3. The van der Waals surface area contributed by atoms with E-state index in [0.29, 0.717) is 0 Å². The van der Waals surface area contributed by atoms with Gasteiger partial charge in [0.15, 0.2) is 14.0 Å². The van der Waals surface area contributed by atoms with Crippen molar-refractivity contribution < 1.29 is 16.8 Å². The molecule has 0 aromatic heterocycles. The highest BCUT2D eigenvalue weighted by Crippen LogP contribution is 2.64. The molecule has 1 fully saturated rings. The molecule has 7 heteroatoms. The highest BCUT2D eigenvalue weighted by Gasteiger charge is 2.72. The first-order valence-electron chi connectivity index (χ1n) is 7.44. The van der Waals surface area contributed by atoms with Gasteiger partial charge in [0, 0.05) is 11.8 Å². The smallest absolute Gasteiger partial charge is 0.201 e. The summed E-state index contributed by atoms with van der Waals surface area (Å²) >= 11 is 6.72. The zero-order valence-corrected chi connectivity index (χ0v) is 14.2. The van der Waals surface area contributed by atoms with Gasteiger partial charge in [-0.1, -0.05) is 48.0 Å². The minimum absolute atomic E-state index is 0.00832. The van der Waals surface area contributed by atoms with Crippen LogP contribution in [0.5, 0.6) is 0 Å². The number of rotatable bonds is 0. The molecule has 0 amide bonds. The van der Waals surface area contributed by atoms with Crippen LogP contribution in [0, 0.1) is 23.7 Å². The Balaban J connectivity index is 1.92. The van der Waals surface area contributed by atoms with Crippen molar-refractivity contribution in [3.8, 4) is 0 Å². The number of allylic oxidation sites excluding steroid dienone is 4. The van der Waals surface area contributed by atoms with Crippen molar-refractivity contribution in [3.63, 3.8) is 0 Å². The second kappa shape index (κ2) is 3.92. The first kappa shape index (κ1) is 14.3. The van der Waals surface area contributed by atoms with Gasteiger partial charge in [-0.3, -0.25) is 0 Å². The molecule has 4 nitrogen and oxygen atoms in total. The Morgan fingerprint density at radius 1 is 0.826 bits per heavy atom. The minimum atomic E-state index is -3.97. The fourth-order valence-electron chi connectivity index (χ4n) is 4.73. The second-order valence-corrected chi connectivity index (χ2v) is 11.7. The van der Waals surface area contributed by atoms with Crippen molar-refractivity contribution in [1.82, 2.24) is 0 Å². The summed E-state index contributed by atoms with van der Waals surface area (Å²) in [6, 6.07) is 5.81. The molecule has 0 N–H and O–H groups in total. The average Bonchev–Trinajstić information content (AvgIpc) is 2.46. The fraction of sp³-hybridized carbons (Fsp3) is 0.375. The Hall–Kier alpha value is -1.11. The Labute approximate surface area is 139 Å². The van der Waals surface area contributed by atoms with E-state index in [1.807, 2.05) is 18.2 Å². The molecular weight excluding hydrogens is 356 g/mol. The molecule has 0 unspecified atom stereocenters. The van der Waals surface area contributed by atoms with Crippen LogP contribution >= 0.6 is 11.6 Å². The lowest BCUT2D eigenvalue weighted by Crippen LogP contribution is -2.68. The van der Waals surface area contributed by atoms with Crippen LogP contribution in [-0.4, -0.2) is 26.3 Å². The molecule has 5 aliphatic rings. The lowest BCUT2D eigenvalue weighted by molar-refractivity contribution is 0.160. The SMILES string of the molecule is O=S1(=O)c2ccccc2S(=O)(=O)[C@]2(Cl)[C@H]1[C@@H]1C=C[C@H]2[C@H]2C=C[C@@H]12. The minimum Gasteiger partial charge on any atom is -0.223 e. The third-order valence-electron chi connectivity index (χ3n) is 5.78. The third kappa shape index (κ3) is 1.33. The molecule has 0 saturated heterocycles. The van der Waals surface area contributed by atoms with Crippen molar-refractivity contribution in [1.29, 1.82) is 0 Å². The van der Waals surface area contributed by atoms with E-state index in [1.54, 1.807) is 12.1 Å². The van der Waals surface area contributed by atoms with E-state index in [-0.39, 0.29) is 27.5 Å². The molecule has 1 aliphatic heterocycles. The predicted octanol–water partition coefficient (Wildman–Crippen LogP) is 2.17. The Bertz CT molecular complexity index is 1010. The topological polar surface area (TPSA) is 68.3 Å². The molecule has 2 bridgehead atoms. The van der Waals surface area contributed by atoms with Crippen LogP contribution in [0.4, 0.5) is 0 Å². The van der Waals surface area contributed by atoms with Gasteiger partial charge in [0.2, 0.25) is 9.84 Å². The Morgan fingerprint density at radius 3 is 2.09 bits per heavy atom. The summed E-state index contributed by atoms with van der Waals surface area (Å²) in [5, 5.41) is -1.13. The normalized spacial score (nSPS) is 46.4. The summed E-state index contributed by atoms with van der Waals surface area (Å²) in [6.07, 6.45) is 7.58. The van der Waals surface area contributed by atoms with Crippen molar-refractivity contribution in [2.75, 3.05) is 0 Å². The van der Waals surface area contributed by atoms with Crippen molar-refractivity contribution in [2.45, 2.75) is 19.2 Å². The lowest BCUT2D eigenvalue weighted by atomic mass is 9.57. The predicted molar refractivity (Wildman–Crippen MR) is 85.4 cm³/mol. The summed E-state index contributed by atoms with van der Waals surface area (Å²) < 4.78 is 51.1. The summed E-state index contributed by atoms with van der Waals surface area (Å²) in [5.74, 6) is -0.825. The molecular formula is C16H13ClO4S2. The third-order valence-corrected chi connectivity index (χ3v) is 11.9. The summed E-state index contributed by atoms with van der Waals surface area (Å²) in [5.41, 5.74) is 0. The molecule has 4 aliphatic carbocycles. The van der Waals surface area contributed by atoms with Crippen LogP contribution in [0.1, 0.15) is 0 Å². The fourth-order valence-corrected chi connectivity index (χ4v) is 11.3. The van der Waals surface area contributed by atoms with E-state index >= 15 is 0 Å². The van der Waals surface area contributed by atoms with E-state index < -0.39 is 35.0 Å². The van der Waals surface area contributed by atoms with E-state index in [2.05, 4.69) is 0 Å². The van der Waals surface area contributed by atoms with Crippen LogP contribution < -0.4 is 0 Å². The van der Waals surface area contributed by atoms with Gasteiger partial charge in [-0.25, -0.2) is 16.8 Å². The number of alkyl halides is 1. The number of halogens is 1. The highest BCUT2D eigenvalue weighted by atomic mass is 35.5. The maximum atomic E-state index is 13.3. The molecule has 6 rings (SSSR count). The van der Waals surface area contributed by atoms with Gasteiger partial charge >= 0.3 is 0 Å². The van der Waals surface area contributed by atoms with Gasteiger partial charge in [-0.05, 0) is 24.0 Å². The average molecular weight is 369 g/mol. The van der Waals surface area contributed by atoms with Crippen LogP contribution in [-0.2, 0) is 19.7 Å². The molecule has 23 heavy (non-hydrogen) atoms. The van der Waals surface area contributed by atoms with Crippen LogP contribution in [0.2, 0.25) is 0 Å². The van der Waals surface area contributed by atoms with E-state index in [9.17, 15) is 16.8 Å². The standard InChI is InChI=1S/C16H13ClO4S2/c17-16-12-8-7-11(9-5-6-10(9)12)15(16)22(18,19)13-3-1-2-4-14(13)23(16,20)21/h1-12,15H/t9-,10+,11-,12+,15-,16+/m1/s1. The second-order valence-electron chi connectivity index (χ2n) is 6.64. The van der Waals surface area contributed by atoms with Gasteiger partial charge in [0.1, 0.15) is 5.25 Å². The van der Waals surface area contributed by atoms with E-state index in [1.165, 1.54) is 18.2 Å². The van der Waals surface area contributed by atoms with E-state index in [0.717, 1.165) is 0 Å². The van der Waals surface area contributed by atoms with Crippen molar-refractivity contribution in [2.24, 2.45) is 23.7 Å². The summed E-state index contributed by atoms with van der Waals surface area (Å²) in [6.45, 7) is 0.